The molecular weight excluding hydrogens is 290 g/mol. The second-order valence-electron chi connectivity index (χ2n) is 6.28. The van der Waals surface area contributed by atoms with Gasteiger partial charge in [0.05, 0.1) is 25.4 Å². The Morgan fingerprint density at radius 2 is 2.00 bits per heavy atom. The summed E-state index contributed by atoms with van der Waals surface area (Å²) in [5.41, 5.74) is 0.780. The molecule has 0 spiro atoms. The second kappa shape index (κ2) is 11.5. The van der Waals surface area contributed by atoms with E-state index >= 15 is 0 Å². The van der Waals surface area contributed by atoms with Crippen molar-refractivity contribution < 1.29 is 9.84 Å². The quantitative estimate of drug-likeness (QED) is 0.328. The Kier molecular flexibility index (Phi) is 9.96. The summed E-state index contributed by atoms with van der Waals surface area (Å²) in [5.74, 6) is 0.797. The molecule has 3 N–H and O–H groups in total. The molecule has 0 amide bonds. The molecule has 0 radical (unpaired) electrons. The predicted molar refractivity (Wildman–Crippen MR) is 96.9 cm³/mol. The minimum atomic E-state index is -0.672. The lowest BCUT2D eigenvalue weighted by Crippen LogP contribution is -2.40. The Labute approximate surface area is 141 Å². The molecule has 0 aromatic carbocycles. The van der Waals surface area contributed by atoms with Crippen LogP contribution in [0, 0.1) is 0 Å². The zero-order chi connectivity index (χ0) is 17.0. The standard InChI is InChI=1S/C18H35N3O2/c1-4-10-18(22,11-5-2)15-21-17(19-6-3)20-12-7-16-8-13-23-14-9-16/h8,22H,4-7,9-15H2,1-3H3,(H2,19,20,21). The summed E-state index contributed by atoms with van der Waals surface area (Å²) < 4.78 is 5.33. The van der Waals surface area contributed by atoms with Crippen LogP contribution >= 0.6 is 0 Å². The summed E-state index contributed by atoms with van der Waals surface area (Å²) in [6.45, 7) is 9.99. The summed E-state index contributed by atoms with van der Waals surface area (Å²) in [4.78, 5) is 4.61. The van der Waals surface area contributed by atoms with Gasteiger partial charge in [-0.05, 0) is 32.6 Å². The van der Waals surface area contributed by atoms with Crippen LogP contribution in [0.1, 0.15) is 59.3 Å². The third-order valence-electron chi connectivity index (χ3n) is 4.10. The van der Waals surface area contributed by atoms with Crippen LogP contribution in [0.4, 0.5) is 0 Å². The number of rotatable bonds is 10. The molecule has 23 heavy (non-hydrogen) atoms. The average molecular weight is 325 g/mol. The lowest BCUT2D eigenvalue weighted by molar-refractivity contribution is 0.0306. The van der Waals surface area contributed by atoms with Crippen molar-refractivity contribution in [3.05, 3.63) is 11.6 Å². The van der Waals surface area contributed by atoms with Crippen molar-refractivity contribution in [3.8, 4) is 0 Å². The van der Waals surface area contributed by atoms with Crippen molar-refractivity contribution in [2.24, 2.45) is 4.99 Å². The van der Waals surface area contributed by atoms with E-state index in [2.05, 4.69) is 42.5 Å². The summed E-state index contributed by atoms with van der Waals surface area (Å²) in [6, 6.07) is 0. The fourth-order valence-electron chi connectivity index (χ4n) is 2.92. The van der Waals surface area contributed by atoms with Crippen molar-refractivity contribution in [1.82, 2.24) is 10.6 Å². The predicted octanol–water partition coefficient (Wildman–Crippen LogP) is 2.61. The Hall–Kier alpha value is -1.07. The van der Waals surface area contributed by atoms with Crippen LogP contribution in [0.15, 0.2) is 16.6 Å². The number of hydrogen-bond acceptors (Lipinski definition) is 3. The van der Waals surface area contributed by atoms with Crippen molar-refractivity contribution in [2.45, 2.75) is 64.9 Å². The van der Waals surface area contributed by atoms with Crippen molar-refractivity contribution in [2.75, 3.05) is 32.8 Å². The summed E-state index contributed by atoms with van der Waals surface area (Å²) in [7, 11) is 0. The van der Waals surface area contributed by atoms with Crippen LogP contribution in [0.3, 0.4) is 0 Å². The molecule has 1 rings (SSSR count). The Morgan fingerprint density at radius 3 is 2.57 bits per heavy atom. The highest BCUT2D eigenvalue weighted by Gasteiger charge is 2.24. The summed E-state index contributed by atoms with van der Waals surface area (Å²) in [5, 5.41) is 17.3. The molecule has 5 nitrogen and oxygen atoms in total. The molecule has 0 bridgehead atoms. The van der Waals surface area contributed by atoms with E-state index in [-0.39, 0.29) is 0 Å². The highest BCUT2D eigenvalue weighted by atomic mass is 16.5. The van der Waals surface area contributed by atoms with Crippen LogP contribution in [0.25, 0.3) is 0 Å². The molecule has 0 unspecified atom stereocenters. The third kappa shape index (κ3) is 8.37. The lowest BCUT2D eigenvalue weighted by atomic mass is 9.93. The van der Waals surface area contributed by atoms with Crippen LogP contribution in [-0.4, -0.2) is 49.5 Å². The van der Waals surface area contributed by atoms with E-state index in [9.17, 15) is 5.11 Å². The van der Waals surface area contributed by atoms with Crippen LogP contribution in [0.2, 0.25) is 0 Å². The molecule has 0 aromatic rings. The molecule has 0 atom stereocenters. The van der Waals surface area contributed by atoms with E-state index < -0.39 is 5.60 Å². The SMILES string of the molecule is CCCC(O)(CCC)CN=C(NCC)NCCC1=CCOCC1. The molecule has 1 aliphatic rings. The number of aliphatic imine (C=N–C) groups is 1. The lowest BCUT2D eigenvalue weighted by Gasteiger charge is -2.26. The Bertz CT molecular complexity index is 374. The van der Waals surface area contributed by atoms with Gasteiger partial charge in [0.1, 0.15) is 0 Å². The minimum Gasteiger partial charge on any atom is -0.388 e. The highest BCUT2D eigenvalue weighted by molar-refractivity contribution is 5.79. The van der Waals surface area contributed by atoms with E-state index in [1.165, 1.54) is 5.57 Å². The van der Waals surface area contributed by atoms with E-state index in [4.69, 9.17) is 4.74 Å². The van der Waals surface area contributed by atoms with Gasteiger partial charge in [0, 0.05) is 13.1 Å². The van der Waals surface area contributed by atoms with Crippen LogP contribution in [0.5, 0.6) is 0 Å². The monoisotopic (exact) mass is 325 g/mol. The number of nitrogens with zero attached hydrogens (tertiary/aromatic N) is 1. The molecule has 0 aliphatic carbocycles. The summed E-state index contributed by atoms with van der Waals surface area (Å²) >= 11 is 0. The Balaban J connectivity index is 2.49. The number of ether oxygens (including phenoxy) is 1. The van der Waals surface area contributed by atoms with E-state index in [0.29, 0.717) is 6.54 Å². The fourth-order valence-corrected chi connectivity index (χ4v) is 2.92. The smallest absolute Gasteiger partial charge is 0.191 e. The molecule has 0 saturated heterocycles. The topological polar surface area (TPSA) is 65.9 Å². The molecule has 134 valence electrons. The zero-order valence-electron chi connectivity index (χ0n) is 15.2. The first kappa shape index (κ1) is 20.0. The molecule has 0 saturated carbocycles. The van der Waals surface area contributed by atoms with Gasteiger partial charge in [0.2, 0.25) is 0 Å². The maximum atomic E-state index is 10.7. The number of hydrogen-bond donors (Lipinski definition) is 3. The van der Waals surface area contributed by atoms with Crippen LogP contribution in [-0.2, 0) is 4.74 Å². The van der Waals surface area contributed by atoms with Crippen molar-refractivity contribution >= 4 is 5.96 Å². The number of aliphatic hydroxyl groups is 1. The molecular formula is C18H35N3O2. The van der Waals surface area contributed by atoms with Gasteiger partial charge in [-0.15, -0.1) is 0 Å². The van der Waals surface area contributed by atoms with Gasteiger partial charge >= 0.3 is 0 Å². The van der Waals surface area contributed by atoms with Gasteiger partial charge in [-0.1, -0.05) is 38.3 Å². The minimum absolute atomic E-state index is 0.459. The maximum Gasteiger partial charge on any atom is 0.191 e. The van der Waals surface area contributed by atoms with Crippen molar-refractivity contribution in [1.29, 1.82) is 0 Å². The number of nitrogens with one attached hydrogen (secondary N) is 2. The third-order valence-corrected chi connectivity index (χ3v) is 4.10. The zero-order valence-corrected chi connectivity index (χ0v) is 15.2. The van der Waals surface area contributed by atoms with Gasteiger partial charge in [-0.2, -0.15) is 0 Å². The summed E-state index contributed by atoms with van der Waals surface area (Å²) in [6.07, 6.45) is 7.78. The first-order valence-corrected chi connectivity index (χ1v) is 9.13. The average Bonchev–Trinajstić information content (AvgIpc) is 2.54. The van der Waals surface area contributed by atoms with Gasteiger partial charge < -0.3 is 20.5 Å². The maximum absolute atomic E-state index is 10.7. The van der Waals surface area contributed by atoms with E-state index in [0.717, 1.165) is 70.8 Å². The Morgan fingerprint density at radius 1 is 1.26 bits per heavy atom. The second-order valence-corrected chi connectivity index (χ2v) is 6.28. The van der Waals surface area contributed by atoms with Crippen molar-refractivity contribution in [3.63, 3.8) is 0 Å². The van der Waals surface area contributed by atoms with Crippen LogP contribution < -0.4 is 10.6 Å². The molecule has 1 aliphatic heterocycles. The normalized spacial score (nSPS) is 16.2. The number of guanidine groups is 1. The van der Waals surface area contributed by atoms with Gasteiger partial charge in [0.25, 0.3) is 0 Å². The van der Waals surface area contributed by atoms with Gasteiger partial charge in [-0.3, -0.25) is 4.99 Å². The largest absolute Gasteiger partial charge is 0.388 e. The van der Waals surface area contributed by atoms with E-state index in [1.807, 2.05) is 0 Å². The van der Waals surface area contributed by atoms with E-state index in [1.54, 1.807) is 0 Å². The van der Waals surface area contributed by atoms with Gasteiger partial charge in [0.15, 0.2) is 5.96 Å². The molecule has 1 heterocycles. The first-order chi connectivity index (χ1) is 11.1. The molecule has 0 aromatic heterocycles. The molecule has 5 heteroatoms. The first-order valence-electron chi connectivity index (χ1n) is 9.13. The highest BCUT2D eigenvalue weighted by Crippen LogP contribution is 2.19. The molecule has 0 fully saturated rings. The fraction of sp³-hybridized carbons (Fsp3) is 0.833. The van der Waals surface area contributed by atoms with Gasteiger partial charge in [-0.25, -0.2) is 0 Å².